The van der Waals surface area contributed by atoms with E-state index in [1.54, 1.807) is 24.3 Å². The normalized spacial score (nSPS) is 18.0. The quantitative estimate of drug-likeness (QED) is 0.470. The molecule has 0 spiro atoms. The van der Waals surface area contributed by atoms with Gasteiger partial charge in [0.15, 0.2) is 4.90 Å². The van der Waals surface area contributed by atoms with Crippen molar-refractivity contribution >= 4 is 25.7 Å². The zero-order valence-electron chi connectivity index (χ0n) is 17.1. The Bertz CT molecular complexity index is 1150. The predicted octanol–water partition coefficient (Wildman–Crippen LogP) is 2.82. The van der Waals surface area contributed by atoms with Crippen LogP contribution in [0.5, 0.6) is 0 Å². The third-order valence-electron chi connectivity index (χ3n) is 5.32. The van der Waals surface area contributed by atoms with Crippen LogP contribution in [0, 0.1) is 17.0 Å². The number of hydrogen-bond acceptors (Lipinski definition) is 6. The van der Waals surface area contributed by atoms with E-state index in [9.17, 15) is 26.9 Å². The molecule has 0 aromatic heterocycles. The predicted molar refractivity (Wildman–Crippen MR) is 116 cm³/mol. The molecule has 1 fully saturated rings. The molecule has 11 heteroatoms. The second kappa shape index (κ2) is 9.43. The van der Waals surface area contributed by atoms with Crippen LogP contribution in [-0.2, 0) is 20.0 Å². The van der Waals surface area contributed by atoms with Gasteiger partial charge in [0.25, 0.3) is 5.69 Å². The Morgan fingerprint density at radius 2 is 1.74 bits per heavy atom. The van der Waals surface area contributed by atoms with Crippen molar-refractivity contribution in [1.29, 1.82) is 0 Å². The molecule has 168 valence electrons. The average molecular weight is 468 g/mol. The van der Waals surface area contributed by atoms with E-state index >= 15 is 0 Å². The molecule has 0 aliphatic carbocycles. The number of aryl methyl sites for hydroxylation is 1. The Labute approximate surface area is 182 Å². The molecular formula is C20H25N3O6S2. The lowest BCUT2D eigenvalue weighted by Gasteiger charge is -2.34. The molecule has 1 heterocycles. The molecule has 0 saturated carbocycles. The number of sulfonamides is 2. The maximum atomic E-state index is 13.1. The van der Waals surface area contributed by atoms with E-state index in [0.29, 0.717) is 13.0 Å². The molecule has 2 aromatic carbocycles. The first-order valence-corrected chi connectivity index (χ1v) is 12.9. The topological polar surface area (TPSA) is 127 Å². The van der Waals surface area contributed by atoms with Crippen LogP contribution in [0.3, 0.4) is 0 Å². The monoisotopic (exact) mass is 467 g/mol. The van der Waals surface area contributed by atoms with Crippen LogP contribution >= 0.6 is 0 Å². The second-order valence-electron chi connectivity index (χ2n) is 7.49. The van der Waals surface area contributed by atoms with Crippen molar-refractivity contribution in [3.05, 3.63) is 64.2 Å². The van der Waals surface area contributed by atoms with Gasteiger partial charge in [0.1, 0.15) is 0 Å². The number of nitrogens with zero attached hydrogens (tertiary/aromatic N) is 2. The Hall–Kier alpha value is -2.34. The van der Waals surface area contributed by atoms with Crippen molar-refractivity contribution in [2.24, 2.45) is 0 Å². The molecule has 0 amide bonds. The average Bonchev–Trinajstić information content (AvgIpc) is 2.74. The minimum absolute atomic E-state index is 0.0288. The van der Waals surface area contributed by atoms with Crippen LogP contribution in [-0.4, -0.2) is 45.2 Å². The molecule has 9 nitrogen and oxygen atoms in total. The second-order valence-corrected chi connectivity index (χ2v) is 11.1. The highest BCUT2D eigenvalue weighted by atomic mass is 32.2. The summed E-state index contributed by atoms with van der Waals surface area (Å²) in [6.07, 6.45) is 2.48. The summed E-state index contributed by atoms with van der Waals surface area (Å²) < 4.78 is 55.2. The summed E-state index contributed by atoms with van der Waals surface area (Å²) in [5.74, 6) is 0. The molecule has 0 bridgehead atoms. The van der Waals surface area contributed by atoms with Gasteiger partial charge < -0.3 is 0 Å². The molecule has 0 radical (unpaired) electrons. The van der Waals surface area contributed by atoms with E-state index in [1.165, 1.54) is 22.5 Å². The van der Waals surface area contributed by atoms with Crippen molar-refractivity contribution in [1.82, 2.24) is 9.03 Å². The number of benzene rings is 2. The van der Waals surface area contributed by atoms with Gasteiger partial charge in [-0.05, 0) is 44.4 Å². The lowest BCUT2D eigenvalue weighted by Crippen LogP contribution is -2.45. The van der Waals surface area contributed by atoms with E-state index in [4.69, 9.17) is 0 Å². The zero-order chi connectivity index (χ0) is 22.6. The molecule has 2 aromatic rings. The molecule has 3 rings (SSSR count). The van der Waals surface area contributed by atoms with Crippen molar-refractivity contribution in [3.8, 4) is 0 Å². The SMILES string of the molecule is Cc1ccc(S(=O)(=O)N2CCCCC2CCNS(=O)(=O)c2ccccc2[N+](=O)[O-])cc1. The van der Waals surface area contributed by atoms with Gasteiger partial charge in [-0.1, -0.05) is 36.2 Å². The molecule has 1 atom stereocenters. The highest BCUT2D eigenvalue weighted by molar-refractivity contribution is 7.89. The molecular weight excluding hydrogens is 442 g/mol. The van der Waals surface area contributed by atoms with Gasteiger partial charge in [-0.25, -0.2) is 21.6 Å². The van der Waals surface area contributed by atoms with Gasteiger partial charge in [-0.3, -0.25) is 10.1 Å². The van der Waals surface area contributed by atoms with Crippen LogP contribution in [0.25, 0.3) is 0 Å². The summed E-state index contributed by atoms with van der Waals surface area (Å²) >= 11 is 0. The van der Waals surface area contributed by atoms with Gasteiger partial charge in [0.2, 0.25) is 20.0 Å². The number of para-hydroxylation sites is 1. The fraction of sp³-hybridized carbons (Fsp3) is 0.400. The summed E-state index contributed by atoms with van der Waals surface area (Å²) in [7, 11) is -7.80. The number of nitrogens with one attached hydrogen (secondary N) is 1. The highest BCUT2D eigenvalue weighted by Gasteiger charge is 2.33. The third-order valence-corrected chi connectivity index (χ3v) is 8.80. The maximum Gasteiger partial charge on any atom is 0.289 e. The van der Waals surface area contributed by atoms with Crippen LogP contribution in [0.15, 0.2) is 58.3 Å². The fourth-order valence-corrected chi connectivity index (χ4v) is 6.64. The van der Waals surface area contributed by atoms with E-state index in [1.807, 2.05) is 6.92 Å². The number of nitro groups is 1. The summed E-state index contributed by atoms with van der Waals surface area (Å²) in [6, 6.07) is 11.4. The van der Waals surface area contributed by atoms with E-state index < -0.39 is 35.6 Å². The zero-order valence-corrected chi connectivity index (χ0v) is 18.7. The van der Waals surface area contributed by atoms with Gasteiger partial charge in [0.05, 0.1) is 9.82 Å². The molecule has 1 aliphatic heterocycles. The van der Waals surface area contributed by atoms with Crippen LogP contribution in [0.4, 0.5) is 5.69 Å². The summed E-state index contributed by atoms with van der Waals surface area (Å²) in [6.45, 7) is 2.22. The van der Waals surface area contributed by atoms with Crippen LogP contribution in [0.1, 0.15) is 31.2 Å². The first-order chi connectivity index (χ1) is 14.6. The molecule has 1 saturated heterocycles. The van der Waals surface area contributed by atoms with Crippen LogP contribution < -0.4 is 4.72 Å². The Morgan fingerprint density at radius 3 is 2.42 bits per heavy atom. The Kier molecular flexibility index (Phi) is 7.10. The lowest BCUT2D eigenvalue weighted by atomic mass is 10.0. The fourth-order valence-electron chi connectivity index (χ4n) is 3.70. The number of piperidine rings is 1. The van der Waals surface area contributed by atoms with E-state index in [2.05, 4.69) is 4.72 Å². The molecule has 1 N–H and O–H groups in total. The van der Waals surface area contributed by atoms with Crippen molar-refractivity contribution in [2.45, 2.75) is 48.4 Å². The largest absolute Gasteiger partial charge is 0.289 e. The lowest BCUT2D eigenvalue weighted by molar-refractivity contribution is -0.387. The molecule has 31 heavy (non-hydrogen) atoms. The van der Waals surface area contributed by atoms with Crippen molar-refractivity contribution in [3.63, 3.8) is 0 Å². The standard InChI is InChI=1S/C20H25N3O6S2/c1-16-9-11-18(12-10-16)31(28,29)22-15-5-4-6-17(22)13-14-21-30(26,27)20-8-3-2-7-19(20)23(24)25/h2-3,7-12,17,21H,4-6,13-15H2,1H3. The van der Waals surface area contributed by atoms with E-state index in [-0.39, 0.29) is 23.9 Å². The van der Waals surface area contributed by atoms with Gasteiger partial charge in [0, 0.05) is 25.2 Å². The van der Waals surface area contributed by atoms with Crippen LogP contribution in [0.2, 0.25) is 0 Å². The van der Waals surface area contributed by atoms with Gasteiger partial charge >= 0.3 is 0 Å². The Morgan fingerprint density at radius 1 is 1.06 bits per heavy atom. The van der Waals surface area contributed by atoms with Crippen molar-refractivity contribution in [2.75, 3.05) is 13.1 Å². The smallest absolute Gasteiger partial charge is 0.258 e. The Balaban J connectivity index is 1.73. The number of hydrogen-bond donors (Lipinski definition) is 1. The highest BCUT2D eigenvalue weighted by Crippen LogP contribution is 2.28. The van der Waals surface area contributed by atoms with Gasteiger partial charge in [-0.15, -0.1) is 0 Å². The minimum atomic E-state index is -4.11. The summed E-state index contributed by atoms with van der Waals surface area (Å²) in [5, 5.41) is 11.1. The number of nitro benzene ring substituents is 1. The molecule has 1 unspecified atom stereocenters. The van der Waals surface area contributed by atoms with Gasteiger partial charge in [-0.2, -0.15) is 4.31 Å². The van der Waals surface area contributed by atoms with Crippen molar-refractivity contribution < 1.29 is 21.8 Å². The first-order valence-electron chi connectivity index (χ1n) is 9.94. The first kappa shape index (κ1) is 23.3. The summed E-state index contributed by atoms with van der Waals surface area (Å²) in [4.78, 5) is 10.2. The third kappa shape index (κ3) is 5.29. The maximum absolute atomic E-state index is 13.1. The molecule has 1 aliphatic rings. The summed E-state index contributed by atoms with van der Waals surface area (Å²) in [5.41, 5.74) is 0.454. The minimum Gasteiger partial charge on any atom is -0.258 e. The van der Waals surface area contributed by atoms with E-state index in [0.717, 1.165) is 24.5 Å². The number of rotatable bonds is 8.